The van der Waals surface area contributed by atoms with Crippen LogP contribution in [0.25, 0.3) is 10.9 Å². The molecule has 24 heavy (non-hydrogen) atoms. The van der Waals surface area contributed by atoms with Crippen LogP contribution < -0.4 is 0 Å². The molecule has 6 heteroatoms. The number of hydrogen-bond acceptors (Lipinski definition) is 2. The van der Waals surface area contributed by atoms with E-state index in [2.05, 4.69) is 50.2 Å². The van der Waals surface area contributed by atoms with Gasteiger partial charge in [-0.1, -0.05) is 24.3 Å². The van der Waals surface area contributed by atoms with Crippen molar-refractivity contribution in [1.82, 2.24) is 4.98 Å². The highest BCUT2D eigenvalue weighted by atomic mass is 127. The summed E-state index contributed by atoms with van der Waals surface area (Å²) in [5.74, 6) is -2.02. The maximum absolute atomic E-state index is 12.7. The SMILES string of the molecule is O=C(CC(C(=O)O)c1c[nH]c2ccccc12)c1c(I)cccc1I. The van der Waals surface area contributed by atoms with Crippen LogP contribution in [0.4, 0.5) is 0 Å². The summed E-state index contributed by atoms with van der Waals surface area (Å²) in [7, 11) is 0. The third-order valence-corrected chi connectivity index (χ3v) is 5.72. The number of nitrogens with one attached hydrogen (secondary N) is 1. The number of carboxylic acids is 1. The van der Waals surface area contributed by atoms with E-state index in [1.807, 2.05) is 42.5 Å². The molecule has 3 rings (SSSR count). The number of ketones is 1. The number of fused-ring (bicyclic) bond motifs is 1. The molecule has 0 saturated heterocycles. The standard InChI is InChI=1S/C18H13I2NO3/c19-13-5-3-6-14(20)17(13)16(22)8-11(18(23)24)12-9-21-15-7-2-1-4-10(12)15/h1-7,9,11,21H,8H2,(H,23,24). The lowest BCUT2D eigenvalue weighted by Gasteiger charge is -2.13. The number of carbonyl (C=O) groups is 2. The predicted octanol–water partition coefficient (Wildman–Crippen LogP) is 4.82. The fraction of sp³-hybridized carbons (Fsp3) is 0.111. The number of aromatic amines is 1. The van der Waals surface area contributed by atoms with Crippen LogP contribution in [0.15, 0.2) is 48.7 Å². The molecule has 2 N–H and O–H groups in total. The Labute approximate surface area is 165 Å². The lowest BCUT2D eigenvalue weighted by atomic mass is 9.91. The first kappa shape index (κ1) is 17.4. The highest BCUT2D eigenvalue weighted by molar-refractivity contribution is 14.1. The molecule has 1 aromatic heterocycles. The molecule has 3 aromatic rings. The van der Waals surface area contributed by atoms with Gasteiger partial charge in [0.15, 0.2) is 5.78 Å². The van der Waals surface area contributed by atoms with Gasteiger partial charge in [-0.15, -0.1) is 0 Å². The maximum Gasteiger partial charge on any atom is 0.311 e. The van der Waals surface area contributed by atoms with E-state index in [0.29, 0.717) is 11.1 Å². The van der Waals surface area contributed by atoms with Gasteiger partial charge in [-0.05, 0) is 68.9 Å². The van der Waals surface area contributed by atoms with Crippen LogP contribution in [0.5, 0.6) is 0 Å². The highest BCUT2D eigenvalue weighted by Gasteiger charge is 2.27. The number of aliphatic carboxylic acids is 1. The molecule has 0 aliphatic heterocycles. The van der Waals surface area contributed by atoms with Crippen molar-refractivity contribution in [2.24, 2.45) is 0 Å². The molecule has 0 fully saturated rings. The third-order valence-electron chi connectivity index (χ3n) is 3.93. The van der Waals surface area contributed by atoms with E-state index in [4.69, 9.17) is 0 Å². The van der Waals surface area contributed by atoms with E-state index >= 15 is 0 Å². The zero-order valence-electron chi connectivity index (χ0n) is 12.4. The van der Waals surface area contributed by atoms with Crippen LogP contribution in [0.1, 0.15) is 28.3 Å². The molecule has 0 bridgehead atoms. The monoisotopic (exact) mass is 545 g/mol. The summed E-state index contributed by atoms with van der Waals surface area (Å²) in [6.07, 6.45) is 1.63. The quantitative estimate of drug-likeness (QED) is 0.357. The van der Waals surface area contributed by atoms with Crippen LogP contribution >= 0.6 is 45.2 Å². The normalized spacial score (nSPS) is 12.2. The average Bonchev–Trinajstić information content (AvgIpc) is 2.96. The zero-order valence-corrected chi connectivity index (χ0v) is 16.7. The van der Waals surface area contributed by atoms with Crippen LogP contribution in [0.3, 0.4) is 0 Å². The largest absolute Gasteiger partial charge is 0.481 e. The van der Waals surface area contributed by atoms with E-state index in [9.17, 15) is 14.7 Å². The second-order valence-electron chi connectivity index (χ2n) is 5.40. The molecule has 1 heterocycles. The van der Waals surface area contributed by atoms with Gasteiger partial charge in [0, 0.05) is 36.2 Å². The van der Waals surface area contributed by atoms with Crippen molar-refractivity contribution in [3.63, 3.8) is 0 Å². The molecular formula is C18H13I2NO3. The molecule has 0 amide bonds. The summed E-state index contributed by atoms with van der Waals surface area (Å²) < 4.78 is 1.68. The second kappa shape index (κ2) is 7.22. The van der Waals surface area contributed by atoms with Gasteiger partial charge >= 0.3 is 5.97 Å². The molecule has 2 aromatic carbocycles. The van der Waals surface area contributed by atoms with Gasteiger partial charge in [-0.3, -0.25) is 9.59 Å². The Bertz CT molecular complexity index is 913. The van der Waals surface area contributed by atoms with Crippen molar-refractivity contribution in [1.29, 1.82) is 0 Å². The van der Waals surface area contributed by atoms with E-state index < -0.39 is 11.9 Å². The van der Waals surface area contributed by atoms with Crippen molar-refractivity contribution in [2.75, 3.05) is 0 Å². The van der Waals surface area contributed by atoms with Gasteiger partial charge in [0.1, 0.15) is 0 Å². The number of halogens is 2. The lowest BCUT2D eigenvalue weighted by molar-refractivity contribution is -0.138. The minimum atomic E-state index is -0.992. The molecule has 0 saturated carbocycles. The van der Waals surface area contributed by atoms with Crippen molar-refractivity contribution in [3.8, 4) is 0 Å². The summed E-state index contributed by atoms with van der Waals surface area (Å²) in [6.45, 7) is 0. The van der Waals surface area contributed by atoms with Gasteiger partial charge in [0.2, 0.25) is 0 Å². The fourth-order valence-corrected chi connectivity index (χ4v) is 4.88. The molecule has 4 nitrogen and oxygen atoms in total. The topological polar surface area (TPSA) is 70.2 Å². The van der Waals surface area contributed by atoms with Crippen molar-refractivity contribution in [2.45, 2.75) is 12.3 Å². The van der Waals surface area contributed by atoms with E-state index in [1.54, 1.807) is 6.20 Å². The van der Waals surface area contributed by atoms with Crippen LogP contribution in [0.2, 0.25) is 0 Å². The molecule has 1 atom stereocenters. The number of carbonyl (C=O) groups excluding carboxylic acids is 1. The zero-order chi connectivity index (χ0) is 17.3. The van der Waals surface area contributed by atoms with Gasteiger partial charge in [-0.2, -0.15) is 0 Å². The Hall–Kier alpha value is -1.42. The lowest BCUT2D eigenvalue weighted by Crippen LogP contribution is -2.17. The summed E-state index contributed by atoms with van der Waals surface area (Å²) >= 11 is 4.23. The number of carboxylic acid groups (broad SMARTS) is 1. The first-order valence-electron chi connectivity index (χ1n) is 7.25. The number of benzene rings is 2. The first-order valence-corrected chi connectivity index (χ1v) is 9.41. The van der Waals surface area contributed by atoms with Gasteiger partial charge in [0.25, 0.3) is 0 Å². The number of Topliss-reactive ketones (excluding diaryl/α,β-unsaturated/α-hetero) is 1. The third kappa shape index (κ3) is 3.34. The van der Waals surface area contributed by atoms with Crippen LogP contribution in [-0.2, 0) is 4.79 Å². The molecule has 0 spiro atoms. The summed E-state index contributed by atoms with van der Waals surface area (Å²) in [6, 6.07) is 13.1. The Kier molecular flexibility index (Phi) is 5.24. The molecule has 1 unspecified atom stereocenters. The van der Waals surface area contributed by atoms with Gasteiger partial charge in [0.05, 0.1) is 5.92 Å². The van der Waals surface area contributed by atoms with Crippen molar-refractivity contribution in [3.05, 3.63) is 66.9 Å². The summed E-state index contributed by atoms with van der Waals surface area (Å²) in [5.41, 5.74) is 2.12. The maximum atomic E-state index is 12.7. The van der Waals surface area contributed by atoms with Crippen LogP contribution in [0, 0.1) is 7.14 Å². The number of para-hydroxylation sites is 1. The highest BCUT2D eigenvalue weighted by Crippen LogP contribution is 2.31. The molecule has 0 radical (unpaired) electrons. The van der Waals surface area contributed by atoms with E-state index in [1.165, 1.54) is 0 Å². The number of hydrogen-bond donors (Lipinski definition) is 2. The Morgan fingerprint density at radius 3 is 2.38 bits per heavy atom. The number of rotatable bonds is 5. The Balaban J connectivity index is 1.98. The van der Waals surface area contributed by atoms with Crippen molar-refractivity contribution < 1.29 is 14.7 Å². The van der Waals surface area contributed by atoms with E-state index in [0.717, 1.165) is 18.0 Å². The Morgan fingerprint density at radius 1 is 1.04 bits per heavy atom. The molecule has 0 aliphatic carbocycles. The van der Waals surface area contributed by atoms with Crippen LogP contribution in [-0.4, -0.2) is 21.8 Å². The predicted molar refractivity (Wildman–Crippen MR) is 109 cm³/mol. The van der Waals surface area contributed by atoms with Crippen molar-refractivity contribution >= 4 is 67.8 Å². The van der Waals surface area contributed by atoms with E-state index in [-0.39, 0.29) is 12.2 Å². The molecule has 122 valence electrons. The number of aromatic nitrogens is 1. The summed E-state index contributed by atoms with van der Waals surface area (Å²) in [5, 5.41) is 10.5. The second-order valence-corrected chi connectivity index (χ2v) is 7.73. The first-order chi connectivity index (χ1) is 11.5. The smallest absolute Gasteiger partial charge is 0.311 e. The average molecular weight is 545 g/mol. The summed E-state index contributed by atoms with van der Waals surface area (Å²) in [4.78, 5) is 27.6. The minimum Gasteiger partial charge on any atom is -0.481 e. The minimum absolute atomic E-state index is 0.0623. The fourth-order valence-electron chi connectivity index (χ4n) is 2.76. The molecule has 0 aliphatic rings. The van der Waals surface area contributed by atoms with Gasteiger partial charge < -0.3 is 10.1 Å². The number of H-pyrrole nitrogens is 1. The van der Waals surface area contributed by atoms with Gasteiger partial charge in [-0.25, -0.2) is 0 Å². The molecular weight excluding hydrogens is 532 g/mol. The Morgan fingerprint density at radius 2 is 1.71 bits per heavy atom.